The average Bonchev–Trinajstić information content (AvgIpc) is 1.82. The van der Waals surface area contributed by atoms with Crippen molar-refractivity contribution in [1.82, 2.24) is 0 Å². The average molecular weight is 168 g/mol. The molecule has 12 heavy (non-hydrogen) atoms. The number of hydrogen-bond donors (Lipinski definition) is 1. The van der Waals surface area contributed by atoms with Crippen molar-refractivity contribution in [3.05, 3.63) is 12.2 Å². The Kier molecular flexibility index (Phi) is 2.27. The topological polar surface area (TPSA) is 37.3 Å². The lowest BCUT2D eigenvalue weighted by Crippen LogP contribution is -2.37. The van der Waals surface area contributed by atoms with Crippen molar-refractivity contribution in [3.63, 3.8) is 0 Å². The molecule has 1 rings (SSSR count). The van der Waals surface area contributed by atoms with Gasteiger partial charge in [0.25, 0.3) is 0 Å². The third kappa shape index (κ3) is 1.52. The summed E-state index contributed by atoms with van der Waals surface area (Å²) in [6.07, 6.45) is 4.96. The van der Waals surface area contributed by atoms with Crippen molar-refractivity contribution in [3.8, 4) is 0 Å². The van der Waals surface area contributed by atoms with E-state index < -0.39 is 5.97 Å². The third-order valence-corrected chi connectivity index (χ3v) is 2.72. The molecule has 1 aliphatic carbocycles. The lowest BCUT2D eigenvalue weighted by atomic mass is 9.67. The first-order valence-corrected chi connectivity index (χ1v) is 4.34. The van der Waals surface area contributed by atoms with Crippen molar-refractivity contribution in [2.24, 2.45) is 17.3 Å². The summed E-state index contributed by atoms with van der Waals surface area (Å²) in [5.74, 6) is -0.745. The Morgan fingerprint density at radius 2 is 2.17 bits per heavy atom. The molecule has 1 N–H and O–H groups in total. The second-order valence-electron chi connectivity index (χ2n) is 4.30. The first-order valence-electron chi connectivity index (χ1n) is 4.34. The summed E-state index contributed by atoms with van der Waals surface area (Å²) in [6.45, 7) is 6.01. The largest absolute Gasteiger partial charge is 0.481 e. The lowest BCUT2D eigenvalue weighted by Gasteiger charge is -2.36. The molecule has 0 aromatic heterocycles. The Morgan fingerprint density at radius 1 is 1.58 bits per heavy atom. The molecule has 0 heterocycles. The van der Waals surface area contributed by atoms with E-state index in [9.17, 15) is 4.79 Å². The van der Waals surface area contributed by atoms with Crippen LogP contribution in [0.5, 0.6) is 0 Å². The van der Waals surface area contributed by atoms with Gasteiger partial charge in [-0.25, -0.2) is 0 Å². The van der Waals surface area contributed by atoms with Crippen LogP contribution in [0, 0.1) is 17.3 Å². The van der Waals surface area contributed by atoms with Crippen LogP contribution in [-0.2, 0) is 4.79 Å². The fraction of sp³-hybridized carbons (Fsp3) is 0.700. The van der Waals surface area contributed by atoms with E-state index >= 15 is 0 Å². The van der Waals surface area contributed by atoms with E-state index in [0.29, 0.717) is 0 Å². The minimum Gasteiger partial charge on any atom is -0.481 e. The van der Waals surface area contributed by atoms with Gasteiger partial charge in [0, 0.05) is 0 Å². The van der Waals surface area contributed by atoms with Crippen LogP contribution in [0.25, 0.3) is 0 Å². The van der Waals surface area contributed by atoms with Crippen LogP contribution in [0.15, 0.2) is 12.2 Å². The molecule has 0 saturated heterocycles. The van der Waals surface area contributed by atoms with Crippen LogP contribution < -0.4 is 0 Å². The van der Waals surface area contributed by atoms with Gasteiger partial charge in [-0.1, -0.05) is 32.9 Å². The number of aliphatic carboxylic acids is 1. The van der Waals surface area contributed by atoms with Gasteiger partial charge in [0.05, 0.1) is 5.92 Å². The highest BCUT2D eigenvalue weighted by molar-refractivity contribution is 5.72. The van der Waals surface area contributed by atoms with Crippen molar-refractivity contribution < 1.29 is 9.90 Å². The summed E-state index contributed by atoms with van der Waals surface area (Å²) >= 11 is 0. The fourth-order valence-electron chi connectivity index (χ4n) is 2.10. The molecule has 0 unspecified atom stereocenters. The van der Waals surface area contributed by atoms with Gasteiger partial charge in [0.15, 0.2) is 0 Å². The summed E-state index contributed by atoms with van der Waals surface area (Å²) in [5.41, 5.74) is -0.0972. The van der Waals surface area contributed by atoms with Crippen LogP contribution in [0.2, 0.25) is 0 Å². The second-order valence-corrected chi connectivity index (χ2v) is 4.30. The van der Waals surface area contributed by atoms with Crippen molar-refractivity contribution in [1.29, 1.82) is 0 Å². The van der Waals surface area contributed by atoms with Crippen LogP contribution in [0.4, 0.5) is 0 Å². The maximum atomic E-state index is 10.9. The molecule has 1 aliphatic rings. The molecular formula is C10H16O2. The van der Waals surface area contributed by atoms with Gasteiger partial charge < -0.3 is 5.11 Å². The van der Waals surface area contributed by atoms with E-state index in [1.165, 1.54) is 0 Å². The molecule has 2 atom stereocenters. The minimum absolute atomic E-state index is 0.0972. The Labute approximate surface area is 73.3 Å². The number of carbonyl (C=O) groups is 1. The standard InChI is InChI=1S/C10H16O2/c1-7-5-4-6-10(2,3)8(7)9(11)12/h4-5,7-8H,6H2,1-3H3,(H,11,12)/t7-,8+/m0/s1. The number of rotatable bonds is 1. The van der Waals surface area contributed by atoms with Crippen LogP contribution >= 0.6 is 0 Å². The summed E-state index contributed by atoms with van der Waals surface area (Å²) < 4.78 is 0. The molecule has 2 heteroatoms. The van der Waals surface area contributed by atoms with E-state index in [1.54, 1.807) is 0 Å². The van der Waals surface area contributed by atoms with E-state index in [0.717, 1.165) is 6.42 Å². The van der Waals surface area contributed by atoms with Gasteiger partial charge in [-0.2, -0.15) is 0 Å². The van der Waals surface area contributed by atoms with Gasteiger partial charge in [0.2, 0.25) is 0 Å². The van der Waals surface area contributed by atoms with Gasteiger partial charge in [-0.05, 0) is 17.8 Å². The summed E-state index contributed by atoms with van der Waals surface area (Å²) in [4.78, 5) is 10.9. The maximum absolute atomic E-state index is 10.9. The summed E-state index contributed by atoms with van der Waals surface area (Å²) in [7, 11) is 0. The molecule has 0 fully saturated rings. The van der Waals surface area contributed by atoms with Gasteiger partial charge in [-0.3, -0.25) is 4.79 Å². The fourth-order valence-corrected chi connectivity index (χ4v) is 2.10. The zero-order valence-corrected chi connectivity index (χ0v) is 7.87. The second kappa shape index (κ2) is 2.92. The molecule has 0 bridgehead atoms. The van der Waals surface area contributed by atoms with E-state index in [-0.39, 0.29) is 17.3 Å². The predicted molar refractivity (Wildman–Crippen MR) is 47.8 cm³/mol. The van der Waals surface area contributed by atoms with E-state index in [2.05, 4.69) is 6.08 Å². The van der Waals surface area contributed by atoms with Crippen LogP contribution in [0.1, 0.15) is 27.2 Å². The number of carboxylic acid groups (broad SMARTS) is 1. The zero-order valence-electron chi connectivity index (χ0n) is 7.87. The highest BCUT2D eigenvalue weighted by Crippen LogP contribution is 2.40. The highest BCUT2D eigenvalue weighted by atomic mass is 16.4. The first kappa shape index (κ1) is 9.30. The number of carboxylic acids is 1. The molecular weight excluding hydrogens is 152 g/mol. The Hall–Kier alpha value is -0.790. The maximum Gasteiger partial charge on any atom is 0.307 e. The van der Waals surface area contributed by atoms with Crippen LogP contribution in [-0.4, -0.2) is 11.1 Å². The SMILES string of the molecule is C[C@H]1C=CCC(C)(C)[C@H]1C(=O)O. The molecule has 68 valence electrons. The zero-order chi connectivity index (χ0) is 9.35. The number of hydrogen-bond acceptors (Lipinski definition) is 1. The Balaban J connectivity index is 2.92. The Morgan fingerprint density at radius 3 is 2.50 bits per heavy atom. The smallest absolute Gasteiger partial charge is 0.307 e. The first-order chi connectivity index (χ1) is 5.45. The molecule has 0 spiro atoms. The number of allylic oxidation sites excluding steroid dienone is 2. The van der Waals surface area contributed by atoms with Crippen molar-refractivity contribution in [2.45, 2.75) is 27.2 Å². The van der Waals surface area contributed by atoms with Gasteiger partial charge in [0.1, 0.15) is 0 Å². The van der Waals surface area contributed by atoms with Gasteiger partial charge >= 0.3 is 5.97 Å². The third-order valence-electron chi connectivity index (χ3n) is 2.72. The van der Waals surface area contributed by atoms with Crippen molar-refractivity contribution >= 4 is 5.97 Å². The summed E-state index contributed by atoms with van der Waals surface area (Å²) in [6, 6.07) is 0. The molecule has 0 amide bonds. The lowest BCUT2D eigenvalue weighted by molar-refractivity contribution is -0.147. The van der Waals surface area contributed by atoms with E-state index in [1.807, 2.05) is 26.8 Å². The monoisotopic (exact) mass is 168 g/mol. The van der Waals surface area contributed by atoms with Crippen LogP contribution in [0.3, 0.4) is 0 Å². The summed E-state index contributed by atoms with van der Waals surface area (Å²) in [5, 5.41) is 9.01. The quantitative estimate of drug-likeness (QED) is 0.610. The Bertz CT molecular complexity index is 216. The predicted octanol–water partition coefficient (Wildman–Crippen LogP) is 2.31. The molecule has 0 aromatic carbocycles. The molecule has 0 radical (unpaired) electrons. The highest BCUT2D eigenvalue weighted by Gasteiger charge is 2.39. The minimum atomic E-state index is -0.670. The van der Waals surface area contributed by atoms with Gasteiger partial charge in [-0.15, -0.1) is 0 Å². The van der Waals surface area contributed by atoms with E-state index in [4.69, 9.17) is 5.11 Å². The molecule has 0 aromatic rings. The normalized spacial score (nSPS) is 33.2. The van der Waals surface area contributed by atoms with Crippen molar-refractivity contribution in [2.75, 3.05) is 0 Å². The molecule has 0 aliphatic heterocycles. The molecule has 0 saturated carbocycles. The molecule has 2 nitrogen and oxygen atoms in total.